The van der Waals surface area contributed by atoms with Crippen LogP contribution < -0.4 is 33.4 Å². The normalized spacial score (nSPS) is 13.1. The molecule has 158 valence electrons. The first kappa shape index (κ1) is 25.6. The maximum absolute atomic E-state index is 2.22. The van der Waals surface area contributed by atoms with Crippen LogP contribution in [-0.2, 0) is 7.05 Å². The fourth-order valence-electron chi connectivity index (χ4n) is 3.30. The molecule has 2 aromatic carbocycles. The average Bonchev–Trinajstić information content (AvgIpc) is 2.80. The third kappa shape index (κ3) is 5.82. The van der Waals surface area contributed by atoms with Gasteiger partial charge in [0.1, 0.15) is 7.05 Å². The third-order valence-electron chi connectivity index (χ3n) is 4.77. The molecule has 3 heteroatoms. The van der Waals surface area contributed by atoms with Crippen LogP contribution in [0.1, 0.15) is 39.0 Å². The first-order chi connectivity index (χ1) is 14.2. The molecule has 0 unspecified atom stereocenters. The van der Waals surface area contributed by atoms with Crippen LogP contribution in [-0.4, -0.2) is 7.05 Å². The lowest BCUT2D eigenvalue weighted by atomic mass is 10.1. The van der Waals surface area contributed by atoms with Crippen LogP contribution in [0.3, 0.4) is 0 Å². The van der Waals surface area contributed by atoms with Gasteiger partial charge in [0.15, 0.2) is 0 Å². The van der Waals surface area contributed by atoms with Crippen LogP contribution in [0.2, 0.25) is 0 Å². The zero-order chi connectivity index (χ0) is 21.2. The topological polar surface area (TPSA) is 7.12 Å². The Kier molecular flexibility index (Phi) is 11.1. The summed E-state index contributed by atoms with van der Waals surface area (Å²) >= 11 is 0. The van der Waals surface area contributed by atoms with Gasteiger partial charge in [-0.3, -0.25) is 0 Å². The number of aromatic nitrogens is 1. The van der Waals surface area contributed by atoms with Gasteiger partial charge >= 0.3 is 0 Å². The van der Waals surface area contributed by atoms with E-state index in [9.17, 15) is 0 Å². The minimum Gasteiger partial charge on any atom is -1.00 e. The number of benzene rings is 2. The number of aryl methyl sites for hydroxylation is 1. The van der Waals surface area contributed by atoms with Gasteiger partial charge < -0.3 is 28.9 Å². The van der Waals surface area contributed by atoms with E-state index in [1.165, 1.54) is 33.5 Å². The van der Waals surface area contributed by atoms with E-state index in [0.717, 1.165) is 0 Å². The van der Waals surface area contributed by atoms with Crippen LogP contribution in [0, 0.1) is 0 Å². The molecule has 0 aliphatic carbocycles. The molecule has 1 aromatic heterocycles. The van der Waals surface area contributed by atoms with Crippen molar-refractivity contribution in [2.24, 2.45) is 7.05 Å². The van der Waals surface area contributed by atoms with Crippen molar-refractivity contribution < 1.29 is 28.5 Å². The largest absolute Gasteiger partial charge is 1.00 e. The lowest BCUT2D eigenvalue weighted by molar-refractivity contribution is -0.646. The second-order valence-corrected chi connectivity index (χ2v) is 6.28. The summed E-state index contributed by atoms with van der Waals surface area (Å²) in [4.78, 5) is 2.22. The number of hydrogen-bond donors (Lipinski definition) is 0. The minimum atomic E-state index is 0. The van der Waals surface area contributed by atoms with E-state index >= 15 is 0 Å². The van der Waals surface area contributed by atoms with Crippen LogP contribution in [0.4, 0.5) is 5.69 Å². The Morgan fingerprint density at radius 3 is 2.23 bits per heavy atom. The molecule has 30 heavy (non-hydrogen) atoms. The van der Waals surface area contributed by atoms with E-state index in [1.54, 1.807) is 0 Å². The smallest absolute Gasteiger partial charge is 0.212 e. The van der Waals surface area contributed by atoms with Crippen LogP contribution in [0.15, 0.2) is 84.6 Å². The average molecular weight is 512 g/mol. The first-order valence-corrected chi connectivity index (χ1v) is 10.5. The SMILES string of the molecule is CC.CC.CN1C(=CC=Cc2ccc3ccccc3[n+]2C)C=Cc2ccccc21.[I-]. The maximum Gasteiger partial charge on any atom is 0.212 e. The number of anilines is 1. The maximum atomic E-state index is 2.22. The minimum absolute atomic E-state index is 0. The molecule has 0 spiro atoms. The number of allylic oxidation sites excluding steroid dienone is 3. The summed E-state index contributed by atoms with van der Waals surface area (Å²) < 4.78 is 2.22. The van der Waals surface area contributed by atoms with Crippen LogP contribution in [0.25, 0.3) is 23.1 Å². The predicted octanol–water partition coefficient (Wildman–Crippen LogP) is 3.78. The van der Waals surface area contributed by atoms with Gasteiger partial charge in [-0.25, -0.2) is 0 Å². The second kappa shape index (κ2) is 13.0. The molecule has 0 atom stereocenters. The van der Waals surface area contributed by atoms with E-state index < -0.39 is 0 Å². The number of hydrogen-bond acceptors (Lipinski definition) is 1. The number of nitrogens with zero attached hydrogens (tertiary/aromatic N) is 2. The highest BCUT2D eigenvalue weighted by molar-refractivity contribution is 5.77. The Bertz CT molecular complexity index is 1030. The second-order valence-electron chi connectivity index (χ2n) is 6.28. The summed E-state index contributed by atoms with van der Waals surface area (Å²) in [7, 11) is 4.22. The molecule has 0 saturated carbocycles. The van der Waals surface area contributed by atoms with Crippen molar-refractivity contribution in [3.8, 4) is 0 Å². The van der Waals surface area contributed by atoms with Crippen molar-refractivity contribution in [2.75, 3.05) is 11.9 Å². The van der Waals surface area contributed by atoms with E-state index in [0.29, 0.717) is 0 Å². The molecule has 0 radical (unpaired) electrons. The first-order valence-electron chi connectivity index (χ1n) is 10.5. The third-order valence-corrected chi connectivity index (χ3v) is 4.77. The molecule has 0 fully saturated rings. The zero-order valence-corrected chi connectivity index (χ0v) is 21.1. The number of fused-ring (bicyclic) bond motifs is 2. The quantitative estimate of drug-likeness (QED) is 0.375. The van der Waals surface area contributed by atoms with Gasteiger partial charge in [-0.05, 0) is 35.9 Å². The van der Waals surface area contributed by atoms with Gasteiger partial charge in [0, 0.05) is 42.0 Å². The van der Waals surface area contributed by atoms with Gasteiger partial charge in [0.25, 0.3) is 0 Å². The summed E-state index contributed by atoms with van der Waals surface area (Å²) in [6, 6.07) is 21.2. The predicted molar refractivity (Wildman–Crippen MR) is 129 cm³/mol. The molecule has 1 aliphatic heterocycles. The van der Waals surface area contributed by atoms with Crippen molar-refractivity contribution in [1.82, 2.24) is 0 Å². The van der Waals surface area contributed by atoms with E-state index in [2.05, 4.69) is 115 Å². The highest BCUT2D eigenvalue weighted by atomic mass is 127. The Labute approximate surface area is 199 Å². The van der Waals surface area contributed by atoms with Gasteiger partial charge in [-0.2, -0.15) is 4.57 Å². The van der Waals surface area contributed by atoms with E-state index in [-0.39, 0.29) is 24.0 Å². The molecule has 2 heterocycles. The number of likely N-dealkylation sites (N-methyl/N-ethyl adjacent to an activating group) is 1. The molecule has 0 bridgehead atoms. The monoisotopic (exact) mass is 512 g/mol. The van der Waals surface area contributed by atoms with Gasteiger partial charge in [-0.1, -0.05) is 70.2 Å². The fraction of sp³-hybridized carbons (Fsp3) is 0.222. The molecule has 2 nitrogen and oxygen atoms in total. The van der Waals surface area contributed by atoms with Crippen molar-refractivity contribution in [2.45, 2.75) is 27.7 Å². The lowest BCUT2D eigenvalue weighted by Gasteiger charge is -2.25. The van der Waals surface area contributed by atoms with E-state index in [1.807, 2.05) is 27.7 Å². The fourth-order valence-corrected chi connectivity index (χ4v) is 3.30. The summed E-state index contributed by atoms with van der Waals surface area (Å²) in [5.74, 6) is 0. The van der Waals surface area contributed by atoms with Gasteiger partial charge in [-0.15, -0.1) is 0 Å². The highest BCUT2D eigenvalue weighted by Gasteiger charge is 2.12. The molecular formula is C27H33IN2. The molecule has 3 aromatic rings. The van der Waals surface area contributed by atoms with Crippen LogP contribution in [0.5, 0.6) is 0 Å². The van der Waals surface area contributed by atoms with Crippen molar-refractivity contribution in [1.29, 1.82) is 0 Å². The summed E-state index contributed by atoms with van der Waals surface area (Å²) in [5.41, 5.74) is 6.09. The molecule has 1 aliphatic rings. The number of para-hydroxylation sites is 2. The molecule has 0 amide bonds. The molecular weight excluding hydrogens is 479 g/mol. The van der Waals surface area contributed by atoms with Gasteiger partial charge in [0.2, 0.25) is 11.2 Å². The lowest BCUT2D eigenvalue weighted by Crippen LogP contribution is -3.00. The molecule has 4 rings (SSSR count). The van der Waals surface area contributed by atoms with E-state index in [4.69, 9.17) is 0 Å². The summed E-state index contributed by atoms with van der Waals surface area (Å²) in [5, 5.41) is 1.26. The molecule has 0 saturated heterocycles. The standard InChI is InChI=1S/C23H21N2.2C2H6.HI/c1-24-20(16-14-18-8-3-5-12-22(18)24)10-7-11-21-17-15-19-9-4-6-13-23(19)25(21)2;2*1-2;/h3-17H,1-2H3;2*1-2H3;1H/q+1;;;/p-1. The molecule has 0 N–H and O–H groups in total. The summed E-state index contributed by atoms with van der Waals surface area (Å²) in [6.45, 7) is 8.00. The summed E-state index contributed by atoms with van der Waals surface area (Å²) in [6.07, 6.45) is 10.8. The van der Waals surface area contributed by atoms with Crippen molar-refractivity contribution in [3.63, 3.8) is 0 Å². The van der Waals surface area contributed by atoms with Crippen LogP contribution >= 0.6 is 0 Å². The number of halogens is 1. The Hall–Kier alpha value is -2.40. The van der Waals surface area contributed by atoms with Crippen molar-refractivity contribution >= 4 is 28.7 Å². The zero-order valence-electron chi connectivity index (χ0n) is 18.9. The Balaban J connectivity index is 0.000000851. The number of pyridine rings is 1. The van der Waals surface area contributed by atoms with Gasteiger partial charge in [0.05, 0.1) is 0 Å². The van der Waals surface area contributed by atoms with Crippen molar-refractivity contribution in [3.05, 3.63) is 95.8 Å². The Morgan fingerprint density at radius 1 is 0.800 bits per heavy atom. The highest BCUT2D eigenvalue weighted by Crippen LogP contribution is 2.29. The Morgan fingerprint density at radius 2 is 1.47 bits per heavy atom. The number of rotatable bonds is 2.